The van der Waals surface area contributed by atoms with Crippen LogP contribution in [0.1, 0.15) is 32.4 Å². The standard InChI is InChI=1S/C14H23N5S/c1-4-11(5-2)8-16-13(15-3)17-9-12-10-19-6-7-20-14(19)18-12/h6-7,10-11H,4-5,8-9H2,1-3H3,(H2,15,16,17). The van der Waals surface area contributed by atoms with E-state index in [1.165, 1.54) is 12.8 Å². The molecular formula is C14H23N5S. The summed E-state index contributed by atoms with van der Waals surface area (Å²) in [6.45, 7) is 6.11. The third-order valence-electron chi connectivity index (χ3n) is 3.52. The Morgan fingerprint density at radius 1 is 1.40 bits per heavy atom. The lowest BCUT2D eigenvalue weighted by Crippen LogP contribution is -2.39. The number of guanidine groups is 1. The molecule has 0 aromatic carbocycles. The summed E-state index contributed by atoms with van der Waals surface area (Å²) in [4.78, 5) is 9.82. The highest BCUT2D eigenvalue weighted by molar-refractivity contribution is 7.15. The maximum absolute atomic E-state index is 4.54. The highest BCUT2D eigenvalue weighted by atomic mass is 32.1. The summed E-state index contributed by atoms with van der Waals surface area (Å²) < 4.78 is 2.04. The zero-order valence-corrected chi connectivity index (χ0v) is 13.2. The maximum atomic E-state index is 4.54. The van der Waals surface area contributed by atoms with E-state index >= 15 is 0 Å². The molecule has 0 unspecified atom stereocenters. The molecule has 0 spiro atoms. The Hall–Kier alpha value is -1.56. The highest BCUT2D eigenvalue weighted by Gasteiger charge is 2.06. The van der Waals surface area contributed by atoms with Crippen molar-refractivity contribution >= 4 is 22.3 Å². The van der Waals surface area contributed by atoms with Gasteiger partial charge >= 0.3 is 0 Å². The van der Waals surface area contributed by atoms with Gasteiger partial charge in [0.15, 0.2) is 10.9 Å². The van der Waals surface area contributed by atoms with E-state index in [0.717, 1.165) is 23.2 Å². The summed E-state index contributed by atoms with van der Waals surface area (Å²) >= 11 is 1.65. The average Bonchev–Trinajstić information content (AvgIpc) is 3.04. The minimum absolute atomic E-state index is 0.691. The van der Waals surface area contributed by atoms with Crippen LogP contribution in [-0.2, 0) is 6.54 Å². The summed E-state index contributed by atoms with van der Waals surface area (Å²) in [5, 5.41) is 8.72. The molecule has 0 atom stereocenters. The molecule has 0 fully saturated rings. The number of nitrogens with zero attached hydrogens (tertiary/aromatic N) is 3. The van der Waals surface area contributed by atoms with E-state index in [9.17, 15) is 0 Å². The molecule has 5 nitrogen and oxygen atoms in total. The van der Waals surface area contributed by atoms with E-state index < -0.39 is 0 Å². The van der Waals surface area contributed by atoms with Crippen LogP contribution in [0.3, 0.4) is 0 Å². The van der Waals surface area contributed by atoms with Crippen molar-refractivity contribution in [3.8, 4) is 0 Å². The van der Waals surface area contributed by atoms with Crippen LogP contribution in [0.5, 0.6) is 0 Å². The quantitative estimate of drug-likeness (QED) is 0.635. The van der Waals surface area contributed by atoms with Crippen LogP contribution in [0.2, 0.25) is 0 Å². The fourth-order valence-electron chi connectivity index (χ4n) is 2.07. The molecular weight excluding hydrogens is 270 g/mol. The molecule has 0 aliphatic rings. The predicted octanol–water partition coefficient (Wildman–Crippen LogP) is 2.50. The van der Waals surface area contributed by atoms with Crippen LogP contribution < -0.4 is 10.6 Å². The van der Waals surface area contributed by atoms with E-state index in [4.69, 9.17) is 0 Å². The summed E-state index contributed by atoms with van der Waals surface area (Å²) in [6.07, 6.45) is 6.46. The first-order valence-electron chi connectivity index (χ1n) is 7.12. The van der Waals surface area contributed by atoms with Crippen LogP contribution in [0.25, 0.3) is 4.96 Å². The van der Waals surface area contributed by atoms with Crippen molar-refractivity contribution in [2.24, 2.45) is 10.9 Å². The molecule has 0 saturated carbocycles. The Bertz CT molecular complexity index is 524. The number of aromatic nitrogens is 2. The summed E-state index contributed by atoms with van der Waals surface area (Å²) in [7, 11) is 1.80. The molecule has 2 N–H and O–H groups in total. The van der Waals surface area contributed by atoms with Crippen LogP contribution in [0.4, 0.5) is 0 Å². The van der Waals surface area contributed by atoms with Gasteiger partial charge in [0.2, 0.25) is 0 Å². The van der Waals surface area contributed by atoms with Crippen LogP contribution in [-0.4, -0.2) is 28.9 Å². The molecule has 2 aromatic rings. The summed E-state index contributed by atoms with van der Waals surface area (Å²) in [5.74, 6) is 1.54. The monoisotopic (exact) mass is 293 g/mol. The first kappa shape index (κ1) is 14.8. The number of nitrogens with one attached hydrogen (secondary N) is 2. The van der Waals surface area contributed by atoms with Gasteiger partial charge in [-0.05, 0) is 5.92 Å². The van der Waals surface area contributed by atoms with Crippen molar-refractivity contribution in [2.75, 3.05) is 13.6 Å². The maximum Gasteiger partial charge on any atom is 0.193 e. The van der Waals surface area contributed by atoms with Crippen LogP contribution in [0, 0.1) is 5.92 Å². The lowest BCUT2D eigenvalue weighted by atomic mass is 10.0. The summed E-state index contributed by atoms with van der Waals surface area (Å²) in [5.41, 5.74) is 1.03. The largest absolute Gasteiger partial charge is 0.356 e. The van der Waals surface area contributed by atoms with Crippen molar-refractivity contribution in [3.05, 3.63) is 23.5 Å². The van der Waals surface area contributed by atoms with E-state index in [0.29, 0.717) is 12.5 Å². The van der Waals surface area contributed by atoms with Crippen LogP contribution in [0.15, 0.2) is 22.8 Å². The number of fused-ring (bicyclic) bond motifs is 1. The van der Waals surface area contributed by atoms with Crippen molar-refractivity contribution in [1.29, 1.82) is 0 Å². The van der Waals surface area contributed by atoms with E-state index in [2.05, 4.69) is 34.5 Å². The minimum Gasteiger partial charge on any atom is -0.356 e. The first-order valence-corrected chi connectivity index (χ1v) is 8.00. The molecule has 2 heterocycles. The van der Waals surface area contributed by atoms with Crippen molar-refractivity contribution in [2.45, 2.75) is 33.2 Å². The minimum atomic E-state index is 0.691. The second kappa shape index (κ2) is 7.28. The molecule has 2 rings (SSSR count). The van der Waals surface area contributed by atoms with Crippen LogP contribution >= 0.6 is 11.3 Å². The Balaban J connectivity index is 1.83. The topological polar surface area (TPSA) is 53.7 Å². The van der Waals surface area contributed by atoms with Gasteiger partial charge in [-0.2, -0.15) is 0 Å². The lowest BCUT2D eigenvalue weighted by molar-refractivity contribution is 0.481. The number of hydrogen-bond donors (Lipinski definition) is 2. The average molecular weight is 293 g/mol. The molecule has 0 amide bonds. The normalized spacial score (nSPS) is 12.3. The molecule has 0 saturated heterocycles. The second-order valence-electron chi connectivity index (χ2n) is 4.81. The lowest BCUT2D eigenvalue weighted by Gasteiger charge is -2.16. The summed E-state index contributed by atoms with van der Waals surface area (Å²) in [6, 6.07) is 0. The number of aliphatic imine (C=N–C) groups is 1. The van der Waals surface area contributed by atoms with E-state index in [1.807, 2.05) is 22.2 Å². The third-order valence-corrected chi connectivity index (χ3v) is 4.29. The van der Waals surface area contributed by atoms with Crippen molar-refractivity contribution < 1.29 is 0 Å². The molecule has 0 aliphatic carbocycles. The first-order chi connectivity index (χ1) is 9.76. The van der Waals surface area contributed by atoms with E-state index in [-0.39, 0.29) is 0 Å². The number of imidazole rings is 1. The number of hydrogen-bond acceptors (Lipinski definition) is 3. The fraction of sp³-hybridized carbons (Fsp3) is 0.571. The highest BCUT2D eigenvalue weighted by Crippen LogP contribution is 2.11. The Labute approximate surface area is 124 Å². The zero-order chi connectivity index (χ0) is 14.4. The molecule has 6 heteroatoms. The molecule has 20 heavy (non-hydrogen) atoms. The van der Waals surface area contributed by atoms with Crippen molar-refractivity contribution in [3.63, 3.8) is 0 Å². The van der Waals surface area contributed by atoms with E-state index in [1.54, 1.807) is 18.4 Å². The van der Waals surface area contributed by atoms with Gasteiger partial charge in [0.05, 0.1) is 12.2 Å². The van der Waals surface area contributed by atoms with Crippen molar-refractivity contribution in [1.82, 2.24) is 20.0 Å². The fourth-order valence-corrected chi connectivity index (χ4v) is 2.79. The smallest absolute Gasteiger partial charge is 0.193 e. The molecule has 0 radical (unpaired) electrons. The molecule has 0 aliphatic heterocycles. The Morgan fingerprint density at radius 2 is 2.20 bits per heavy atom. The molecule has 2 aromatic heterocycles. The van der Waals surface area contributed by atoms with Gasteiger partial charge in [-0.25, -0.2) is 4.98 Å². The Kier molecular flexibility index (Phi) is 5.40. The van der Waals surface area contributed by atoms with Gasteiger partial charge in [-0.15, -0.1) is 11.3 Å². The number of rotatable bonds is 6. The Morgan fingerprint density at radius 3 is 2.85 bits per heavy atom. The van der Waals surface area contributed by atoms with Gasteiger partial charge in [0, 0.05) is 31.4 Å². The molecule has 0 bridgehead atoms. The predicted molar refractivity (Wildman–Crippen MR) is 85.3 cm³/mol. The zero-order valence-electron chi connectivity index (χ0n) is 12.4. The second-order valence-corrected chi connectivity index (χ2v) is 5.69. The van der Waals surface area contributed by atoms with Gasteiger partial charge in [-0.1, -0.05) is 26.7 Å². The van der Waals surface area contributed by atoms with Gasteiger partial charge in [0.1, 0.15) is 0 Å². The molecule has 110 valence electrons. The van der Waals surface area contributed by atoms with Gasteiger partial charge in [-0.3, -0.25) is 9.39 Å². The SMILES string of the molecule is CCC(CC)CNC(=NC)NCc1cn2ccsc2n1. The number of thiazole rings is 1. The van der Waals surface area contributed by atoms with Gasteiger partial charge in [0.25, 0.3) is 0 Å². The third kappa shape index (κ3) is 3.72. The van der Waals surface area contributed by atoms with Gasteiger partial charge < -0.3 is 10.6 Å².